The Bertz CT molecular complexity index is 1930. The fraction of sp³-hybridized carbons (Fsp3) is 0.389. The number of amides is 2. The third-order valence-electron chi connectivity index (χ3n) is 10.0. The topological polar surface area (TPSA) is 97.0 Å². The average molecular weight is 620 g/mol. The molecule has 10 nitrogen and oxygen atoms in total. The van der Waals surface area contributed by atoms with Gasteiger partial charge in [-0.25, -0.2) is 4.98 Å². The highest BCUT2D eigenvalue weighted by atomic mass is 16.5. The molecule has 46 heavy (non-hydrogen) atoms. The maximum absolute atomic E-state index is 13.4. The van der Waals surface area contributed by atoms with E-state index in [1.165, 1.54) is 0 Å². The molecule has 2 aromatic carbocycles. The summed E-state index contributed by atoms with van der Waals surface area (Å²) in [7, 11) is 3.52. The Balaban J connectivity index is 1.13. The first-order chi connectivity index (χ1) is 22.3. The van der Waals surface area contributed by atoms with Gasteiger partial charge < -0.3 is 19.5 Å². The molecule has 1 N–H and O–H groups in total. The van der Waals surface area contributed by atoms with E-state index < -0.39 is 0 Å². The average Bonchev–Trinajstić information content (AvgIpc) is 3.64. The number of anilines is 1. The van der Waals surface area contributed by atoms with E-state index >= 15 is 0 Å². The van der Waals surface area contributed by atoms with Gasteiger partial charge in [-0.1, -0.05) is 24.3 Å². The van der Waals surface area contributed by atoms with Crippen LogP contribution in [0.3, 0.4) is 0 Å². The van der Waals surface area contributed by atoms with E-state index in [-0.39, 0.29) is 11.8 Å². The van der Waals surface area contributed by atoms with Gasteiger partial charge >= 0.3 is 0 Å². The van der Waals surface area contributed by atoms with Crippen LogP contribution >= 0.6 is 0 Å². The van der Waals surface area contributed by atoms with Crippen LogP contribution in [-0.4, -0.2) is 79.9 Å². The molecule has 2 amide bonds. The number of hydrogen-bond donors (Lipinski definition) is 1. The minimum Gasteiger partial charge on any atom is -0.495 e. The first-order valence-corrected chi connectivity index (χ1v) is 16.2. The number of benzene rings is 2. The minimum absolute atomic E-state index is 0.174. The van der Waals surface area contributed by atoms with E-state index in [4.69, 9.17) is 9.72 Å². The van der Waals surface area contributed by atoms with Gasteiger partial charge in [0, 0.05) is 81.0 Å². The Labute approximate surface area is 269 Å². The molecule has 0 unspecified atom stereocenters. The molecule has 0 radical (unpaired) electrons. The van der Waals surface area contributed by atoms with Crippen molar-refractivity contribution in [2.45, 2.75) is 51.5 Å². The SMILES string of the molecule is COc1cc(-c2nc([C@H]3CC[C@H](N4CCN(C(C)=O)CC4)CC3)n3ccnc(C)c23)ccc1NC(=O)c1cc2ccccc2n1C. The highest BCUT2D eigenvalue weighted by Gasteiger charge is 2.32. The molecule has 2 aliphatic rings. The molecule has 1 aliphatic carbocycles. The van der Waals surface area contributed by atoms with Crippen LogP contribution in [0.1, 0.15) is 60.5 Å². The second-order valence-corrected chi connectivity index (χ2v) is 12.6. The van der Waals surface area contributed by atoms with E-state index in [0.29, 0.717) is 29.1 Å². The van der Waals surface area contributed by atoms with Crippen molar-refractivity contribution in [2.75, 3.05) is 38.6 Å². The molecule has 5 aromatic rings. The quantitative estimate of drug-likeness (QED) is 0.264. The molecule has 1 saturated heterocycles. The predicted molar refractivity (Wildman–Crippen MR) is 179 cm³/mol. The Morgan fingerprint density at radius 1 is 0.978 bits per heavy atom. The molecule has 0 spiro atoms. The largest absolute Gasteiger partial charge is 0.495 e. The summed E-state index contributed by atoms with van der Waals surface area (Å²) in [6, 6.07) is 16.3. The van der Waals surface area contributed by atoms with Crippen molar-refractivity contribution in [1.29, 1.82) is 0 Å². The van der Waals surface area contributed by atoms with E-state index in [2.05, 4.69) is 19.6 Å². The van der Waals surface area contributed by atoms with Crippen molar-refractivity contribution in [3.05, 3.63) is 78.1 Å². The third-order valence-corrected chi connectivity index (χ3v) is 10.0. The number of carbonyl (C=O) groups is 2. The maximum atomic E-state index is 13.4. The number of carbonyl (C=O) groups excluding carboxylic acids is 2. The number of para-hydroxylation sites is 1. The molecule has 3 aromatic heterocycles. The summed E-state index contributed by atoms with van der Waals surface area (Å²) in [6.07, 6.45) is 8.26. The van der Waals surface area contributed by atoms with Crippen LogP contribution in [0.2, 0.25) is 0 Å². The van der Waals surface area contributed by atoms with Crippen LogP contribution in [0.4, 0.5) is 5.69 Å². The number of nitrogens with zero attached hydrogens (tertiary/aromatic N) is 6. The number of rotatable bonds is 6. The predicted octanol–water partition coefficient (Wildman–Crippen LogP) is 5.65. The number of piperazine rings is 1. The van der Waals surface area contributed by atoms with Crippen LogP contribution < -0.4 is 10.1 Å². The highest BCUT2D eigenvalue weighted by Crippen LogP contribution is 2.39. The van der Waals surface area contributed by atoms with Crippen molar-refractivity contribution in [3.63, 3.8) is 0 Å². The lowest BCUT2D eigenvalue weighted by molar-refractivity contribution is -0.131. The number of aromatic nitrogens is 4. The zero-order chi connectivity index (χ0) is 31.9. The molecule has 238 valence electrons. The molecule has 4 heterocycles. The summed E-state index contributed by atoms with van der Waals surface area (Å²) < 4.78 is 9.91. The first-order valence-electron chi connectivity index (χ1n) is 16.2. The van der Waals surface area contributed by atoms with Gasteiger partial charge in [0.05, 0.1) is 29.7 Å². The Morgan fingerprint density at radius 2 is 1.74 bits per heavy atom. The summed E-state index contributed by atoms with van der Waals surface area (Å²) in [5.74, 6) is 1.96. The van der Waals surface area contributed by atoms with Crippen LogP contribution in [0.15, 0.2) is 60.9 Å². The van der Waals surface area contributed by atoms with Gasteiger partial charge in [0.2, 0.25) is 5.91 Å². The van der Waals surface area contributed by atoms with E-state index in [1.54, 1.807) is 14.0 Å². The van der Waals surface area contributed by atoms with Crippen molar-refractivity contribution in [2.24, 2.45) is 7.05 Å². The summed E-state index contributed by atoms with van der Waals surface area (Å²) >= 11 is 0. The standard InChI is InChI=1S/C36H41N7O3/c1-23-34-33(27-11-14-29(32(22-27)46-4)38-36(45)31-21-26-7-5-6-8-30(26)40(31)3)39-35(43(34)16-15-37-23)25-9-12-28(13-10-25)42-19-17-41(18-20-42)24(2)44/h5-8,11,14-16,21-22,25,28H,9-10,12-13,17-20H2,1-4H3,(H,38,45)/t25-,28-. The zero-order valence-electron chi connectivity index (χ0n) is 27.0. The van der Waals surface area contributed by atoms with E-state index in [0.717, 1.165) is 91.1 Å². The molecule has 1 aliphatic heterocycles. The smallest absolute Gasteiger partial charge is 0.272 e. The van der Waals surface area contributed by atoms with Crippen molar-refractivity contribution in [3.8, 4) is 17.0 Å². The Morgan fingerprint density at radius 3 is 2.46 bits per heavy atom. The monoisotopic (exact) mass is 619 g/mol. The van der Waals surface area contributed by atoms with Gasteiger partial charge in [0.1, 0.15) is 17.3 Å². The summed E-state index contributed by atoms with van der Waals surface area (Å²) in [6.45, 7) is 7.25. The number of methoxy groups -OCH3 is 1. The number of ether oxygens (including phenoxy) is 1. The van der Waals surface area contributed by atoms with Crippen LogP contribution in [0.5, 0.6) is 5.75 Å². The normalized spacial score (nSPS) is 19.1. The minimum atomic E-state index is -0.198. The van der Waals surface area contributed by atoms with E-state index in [9.17, 15) is 9.59 Å². The lowest BCUT2D eigenvalue weighted by atomic mass is 9.84. The highest BCUT2D eigenvalue weighted by molar-refractivity contribution is 6.07. The molecule has 2 fully saturated rings. The number of fused-ring (bicyclic) bond motifs is 2. The first kappa shape index (κ1) is 30.0. The molecular formula is C36H41N7O3. The van der Waals surface area contributed by atoms with Gasteiger partial charge in [0.25, 0.3) is 5.91 Å². The Hall–Kier alpha value is -4.70. The van der Waals surface area contributed by atoms with Gasteiger partial charge in [0.15, 0.2) is 0 Å². The number of nitrogens with one attached hydrogen (secondary N) is 1. The van der Waals surface area contributed by atoms with Crippen molar-refractivity contribution < 1.29 is 14.3 Å². The molecule has 0 bridgehead atoms. The third kappa shape index (κ3) is 5.40. The number of imidazole rings is 1. The van der Waals surface area contributed by atoms with Crippen LogP contribution in [-0.2, 0) is 11.8 Å². The molecule has 10 heteroatoms. The maximum Gasteiger partial charge on any atom is 0.272 e. The zero-order valence-corrected chi connectivity index (χ0v) is 27.0. The summed E-state index contributed by atoms with van der Waals surface area (Å²) in [5, 5.41) is 4.08. The van der Waals surface area contributed by atoms with Crippen molar-refractivity contribution >= 4 is 33.9 Å². The number of hydrogen-bond acceptors (Lipinski definition) is 6. The van der Waals surface area contributed by atoms with Gasteiger partial charge in [-0.2, -0.15) is 0 Å². The Kier molecular flexibility index (Phi) is 7.98. The number of aryl methyl sites for hydroxylation is 2. The van der Waals surface area contributed by atoms with Crippen LogP contribution in [0, 0.1) is 6.92 Å². The van der Waals surface area contributed by atoms with Gasteiger partial charge in [-0.3, -0.25) is 23.9 Å². The van der Waals surface area contributed by atoms with Gasteiger partial charge in [-0.15, -0.1) is 0 Å². The molecule has 7 rings (SSSR count). The lowest BCUT2D eigenvalue weighted by Crippen LogP contribution is -2.52. The van der Waals surface area contributed by atoms with E-state index in [1.807, 2.05) is 84.4 Å². The van der Waals surface area contributed by atoms with Crippen molar-refractivity contribution in [1.82, 2.24) is 28.7 Å². The molecule has 1 saturated carbocycles. The molecular weight excluding hydrogens is 578 g/mol. The second-order valence-electron chi connectivity index (χ2n) is 12.6. The summed E-state index contributed by atoms with van der Waals surface area (Å²) in [5.41, 5.74) is 5.87. The second kappa shape index (κ2) is 12.2. The fourth-order valence-corrected chi connectivity index (χ4v) is 7.44. The lowest BCUT2D eigenvalue weighted by Gasteiger charge is -2.41. The van der Waals surface area contributed by atoms with Gasteiger partial charge in [-0.05, 0) is 56.9 Å². The summed E-state index contributed by atoms with van der Waals surface area (Å²) in [4.78, 5) is 39.6. The van der Waals surface area contributed by atoms with Crippen LogP contribution in [0.25, 0.3) is 27.7 Å². The molecule has 0 atom stereocenters. The fourth-order valence-electron chi connectivity index (χ4n) is 7.44.